The highest BCUT2D eigenvalue weighted by Crippen LogP contribution is 2.48. The number of hydrogen-bond donors (Lipinski definition) is 0. The smallest absolute Gasteiger partial charge is 0.411 e. The Balaban J connectivity index is 1.69. The lowest BCUT2D eigenvalue weighted by Gasteiger charge is -2.35. The van der Waals surface area contributed by atoms with Crippen molar-refractivity contribution in [3.63, 3.8) is 0 Å². The van der Waals surface area contributed by atoms with Crippen molar-refractivity contribution in [2.24, 2.45) is 0 Å². The number of morpholine rings is 1. The van der Waals surface area contributed by atoms with Crippen molar-refractivity contribution in [3.8, 4) is 0 Å². The van der Waals surface area contributed by atoms with Gasteiger partial charge in [-0.2, -0.15) is 0 Å². The summed E-state index contributed by atoms with van der Waals surface area (Å²) in [5, 5.41) is 0. The summed E-state index contributed by atoms with van der Waals surface area (Å²) in [6.07, 6.45) is 0.206. The summed E-state index contributed by atoms with van der Waals surface area (Å²) in [5.74, 6) is -0.481. The van der Waals surface area contributed by atoms with Gasteiger partial charge in [-0.05, 0) is 12.5 Å². The second kappa shape index (κ2) is 5.61. The largest absolute Gasteiger partial charge is 0.467 e. The van der Waals surface area contributed by atoms with Gasteiger partial charge >= 0.3 is 12.1 Å². The molecule has 118 valence electrons. The quantitative estimate of drug-likeness (QED) is 0.796. The number of amides is 1. The van der Waals surface area contributed by atoms with Gasteiger partial charge in [0.15, 0.2) is 6.04 Å². The molecule has 1 heterocycles. The molecule has 1 amide bonds. The van der Waals surface area contributed by atoms with E-state index in [0.29, 0.717) is 6.42 Å². The van der Waals surface area contributed by atoms with Crippen LogP contribution in [0.25, 0.3) is 0 Å². The lowest BCUT2D eigenvalue weighted by atomic mass is 10.2. The normalized spacial score (nSPS) is 29.5. The van der Waals surface area contributed by atoms with Crippen molar-refractivity contribution >= 4 is 12.1 Å². The van der Waals surface area contributed by atoms with Crippen LogP contribution in [0, 0.1) is 0 Å². The van der Waals surface area contributed by atoms with Gasteiger partial charge in [0.05, 0.1) is 25.4 Å². The fourth-order valence-corrected chi connectivity index (χ4v) is 2.81. The minimum absolute atomic E-state index is 0.131. The van der Waals surface area contributed by atoms with E-state index in [1.165, 1.54) is 12.0 Å². The summed E-state index contributed by atoms with van der Waals surface area (Å²) in [5.41, 5.74) is 0.535. The molecule has 3 rings (SSSR count). The molecule has 0 N–H and O–H groups in total. The molecule has 1 aliphatic carbocycles. The molecule has 6 nitrogen and oxygen atoms in total. The van der Waals surface area contributed by atoms with E-state index >= 15 is 0 Å². The maximum atomic E-state index is 12.4. The van der Waals surface area contributed by atoms with Crippen LogP contribution in [-0.2, 0) is 25.6 Å². The molecule has 6 heteroatoms. The van der Waals surface area contributed by atoms with E-state index < -0.39 is 18.1 Å². The van der Waals surface area contributed by atoms with E-state index in [0.717, 1.165) is 5.56 Å². The van der Waals surface area contributed by atoms with Crippen LogP contribution in [0.5, 0.6) is 0 Å². The molecule has 1 aliphatic heterocycles. The Hall–Kier alpha value is -2.08. The van der Waals surface area contributed by atoms with E-state index in [1.807, 2.05) is 37.3 Å². The Kier molecular flexibility index (Phi) is 3.78. The molecule has 22 heavy (non-hydrogen) atoms. The Bertz CT molecular complexity index is 575. The average Bonchev–Trinajstić information content (AvgIpc) is 3.23. The summed E-state index contributed by atoms with van der Waals surface area (Å²) < 4.78 is 15.8. The standard InChI is InChI=1S/C16H19NO5/c1-16-8-13(16)17(12(10-22-16)14(18)20-2)15(19)21-9-11-6-4-3-5-7-11/h3-7,12-13H,8-10H2,1-2H3/t12-,13-,16+/m0/s1. The Morgan fingerprint density at radius 1 is 1.36 bits per heavy atom. The van der Waals surface area contributed by atoms with Gasteiger partial charge in [0.25, 0.3) is 0 Å². The zero-order valence-electron chi connectivity index (χ0n) is 12.7. The molecule has 0 aromatic heterocycles. The first-order chi connectivity index (χ1) is 10.5. The number of nitrogens with zero attached hydrogens (tertiary/aromatic N) is 1. The predicted octanol–water partition coefficient (Wildman–Crippen LogP) is 1.73. The first-order valence-electron chi connectivity index (χ1n) is 7.26. The third-order valence-electron chi connectivity index (χ3n) is 4.28. The highest BCUT2D eigenvalue weighted by molar-refractivity contribution is 5.82. The van der Waals surface area contributed by atoms with Crippen molar-refractivity contribution in [1.82, 2.24) is 4.90 Å². The van der Waals surface area contributed by atoms with Crippen molar-refractivity contribution in [2.45, 2.75) is 37.6 Å². The molecule has 0 spiro atoms. The van der Waals surface area contributed by atoms with Crippen molar-refractivity contribution in [1.29, 1.82) is 0 Å². The van der Waals surface area contributed by atoms with Gasteiger partial charge in [0.1, 0.15) is 6.61 Å². The summed E-state index contributed by atoms with van der Waals surface area (Å²) in [6, 6.07) is 8.55. The summed E-state index contributed by atoms with van der Waals surface area (Å²) in [7, 11) is 1.30. The van der Waals surface area contributed by atoms with Gasteiger partial charge in [0, 0.05) is 6.42 Å². The summed E-state index contributed by atoms with van der Waals surface area (Å²) in [4.78, 5) is 25.8. The Labute approximate surface area is 128 Å². The lowest BCUT2D eigenvalue weighted by Crippen LogP contribution is -2.55. The monoisotopic (exact) mass is 305 g/mol. The minimum atomic E-state index is -0.742. The predicted molar refractivity (Wildman–Crippen MR) is 77.0 cm³/mol. The highest BCUT2D eigenvalue weighted by atomic mass is 16.6. The molecular weight excluding hydrogens is 286 g/mol. The molecule has 2 aliphatic rings. The van der Waals surface area contributed by atoms with Crippen LogP contribution in [0.4, 0.5) is 4.79 Å². The number of carbonyl (C=O) groups is 2. The number of fused-ring (bicyclic) bond motifs is 1. The molecule has 3 atom stereocenters. The van der Waals surface area contributed by atoms with Crippen LogP contribution in [0.2, 0.25) is 0 Å². The van der Waals surface area contributed by atoms with Crippen LogP contribution in [0.15, 0.2) is 30.3 Å². The molecule has 1 saturated carbocycles. The Morgan fingerprint density at radius 3 is 2.77 bits per heavy atom. The maximum Gasteiger partial charge on any atom is 0.411 e. The zero-order valence-corrected chi connectivity index (χ0v) is 12.7. The zero-order chi connectivity index (χ0) is 15.7. The van der Waals surface area contributed by atoms with Crippen LogP contribution >= 0.6 is 0 Å². The first-order valence-corrected chi connectivity index (χ1v) is 7.26. The maximum absolute atomic E-state index is 12.4. The topological polar surface area (TPSA) is 65.1 Å². The van der Waals surface area contributed by atoms with E-state index in [1.54, 1.807) is 0 Å². The lowest BCUT2D eigenvalue weighted by molar-refractivity contribution is -0.155. The molecule has 0 unspecified atom stereocenters. The van der Waals surface area contributed by atoms with Crippen LogP contribution < -0.4 is 0 Å². The third kappa shape index (κ3) is 2.66. The van der Waals surface area contributed by atoms with E-state index in [2.05, 4.69) is 0 Å². The number of hydrogen-bond acceptors (Lipinski definition) is 5. The third-order valence-corrected chi connectivity index (χ3v) is 4.28. The molecule has 1 aromatic rings. The summed E-state index contributed by atoms with van der Waals surface area (Å²) >= 11 is 0. The Morgan fingerprint density at radius 2 is 2.09 bits per heavy atom. The molecule has 0 radical (unpaired) electrons. The van der Waals surface area contributed by atoms with E-state index in [4.69, 9.17) is 14.2 Å². The number of methoxy groups -OCH3 is 1. The van der Waals surface area contributed by atoms with Gasteiger partial charge in [-0.15, -0.1) is 0 Å². The van der Waals surface area contributed by atoms with Crippen LogP contribution in [-0.4, -0.2) is 48.4 Å². The molecule has 2 fully saturated rings. The van der Waals surface area contributed by atoms with Crippen LogP contribution in [0.3, 0.4) is 0 Å². The van der Waals surface area contributed by atoms with E-state index in [-0.39, 0.29) is 24.9 Å². The second-order valence-corrected chi connectivity index (χ2v) is 5.83. The highest BCUT2D eigenvalue weighted by Gasteiger charge is 2.62. The first kappa shape index (κ1) is 14.8. The SMILES string of the molecule is COC(=O)[C@@H]1CO[C@]2(C)C[C@@H]2N1C(=O)OCc1ccccc1. The molecular formula is C16H19NO5. The van der Waals surface area contributed by atoms with Gasteiger partial charge < -0.3 is 14.2 Å². The fraction of sp³-hybridized carbons (Fsp3) is 0.500. The van der Waals surface area contributed by atoms with Gasteiger partial charge in [-0.25, -0.2) is 9.59 Å². The van der Waals surface area contributed by atoms with Gasteiger partial charge in [-0.3, -0.25) is 4.90 Å². The number of benzene rings is 1. The molecule has 0 bridgehead atoms. The van der Waals surface area contributed by atoms with Crippen molar-refractivity contribution in [2.75, 3.05) is 13.7 Å². The van der Waals surface area contributed by atoms with Gasteiger partial charge in [-0.1, -0.05) is 30.3 Å². The summed E-state index contributed by atoms with van der Waals surface area (Å²) in [6.45, 7) is 2.25. The molecule has 1 aromatic carbocycles. The van der Waals surface area contributed by atoms with Crippen LogP contribution in [0.1, 0.15) is 18.9 Å². The number of ether oxygens (including phenoxy) is 3. The second-order valence-electron chi connectivity index (χ2n) is 5.83. The molecule has 1 saturated heterocycles. The number of rotatable bonds is 3. The van der Waals surface area contributed by atoms with Crippen molar-refractivity contribution < 1.29 is 23.8 Å². The van der Waals surface area contributed by atoms with Gasteiger partial charge in [0.2, 0.25) is 0 Å². The number of esters is 1. The fourth-order valence-electron chi connectivity index (χ4n) is 2.81. The average molecular weight is 305 g/mol. The number of carbonyl (C=O) groups excluding carboxylic acids is 2. The van der Waals surface area contributed by atoms with Crippen molar-refractivity contribution in [3.05, 3.63) is 35.9 Å². The minimum Gasteiger partial charge on any atom is -0.467 e. The van der Waals surface area contributed by atoms with E-state index in [9.17, 15) is 9.59 Å².